The smallest absolute Gasteiger partial charge is 0.289 e. The molecule has 1 aromatic heterocycles. The fourth-order valence-corrected chi connectivity index (χ4v) is 3.41. The third-order valence-corrected chi connectivity index (χ3v) is 4.58. The average molecular weight is 305 g/mol. The van der Waals surface area contributed by atoms with Gasteiger partial charge in [0.15, 0.2) is 5.76 Å². The number of hydrogen-bond donors (Lipinski definition) is 1. The third kappa shape index (κ3) is 2.75. The van der Waals surface area contributed by atoms with E-state index in [-0.39, 0.29) is 17.2 Å². The van der Waals surface area contributed by atoms with Crippen LogP contribution >= 0.6 is 0 Å². The van der Waals surface area contributed by atoms with E-state index in [2.05, 4.69) is 5.32 Å². The summed E-state index contributed by atoms with van der Waals surface area (Å²) in [4.78, 5) is 28.5. The second-order valence-corrected chi connectivity index (χ2v) is 6.62. The first kappa shape index (κ1) is 15.1. The molecule has 0 saturated carbocycles. The van der Waals surface area contributed by atoms with Crippen molar-refractivity contribution in [3.8, 4) is 0 Å². The third-order valence-electron chi connectivity index (χ3n) is 4.58. The van der Waals surface area contributed by atoms with Crippen molar-refractivity contribution in [1.29, 1.82) is 0 Å². The fourth-order valence-electron chi connectivity index (χ4n) is 3.41. The molecule has 2 aliphatic heterocycles. The standard InChI is InChI=1S/C16H23N3O3/c1-18(2)10-12-4-5-13(22-12)14(20)19-9-7-16(11-19)6-3-8-17-15(16)21/h4-5H,3,6-11H2,1-2H3,(H,17,21)/t16-/m0/s1. The SMILES string of the molecule is CN(C)Cc1ccc(C(=O)N2CC[C@@]3(CCCNC3=O)C2)o1. The number of carbonyl (C=O) groups is 2. The van der Waals surface area contributed by atoms with Crippen molar-refractivity contribution >= 4 is 11.8 Å². The number of amides is 2. The molecule has 0 radical (unpaired) electrons. The minimum atomic E-state index is -0.382. The van der Waals surface area contributed by atoms with Crippen molar-refractivity contribution in [3.05, 3.63) is 23.7 Å². The molecule has 120 valence electrons. The minimum absolute atomic E-state index is 0.0989. The number of carbonyl (C=O) groups excluding carboxylic acids is 2. The molecule has 2 aliphatic rings. The van der Waals surface area contributed by atoms with Gasteiger partial charge in [-0.3, -0.25) is 9.59 Å². The van der Waals surface area contributed by atoms with Crippen molar-refractivity contribution in [1.82, 2.24) is 15.1 Å². The lowest BCUT2D eigenvalue weighted by molar-refractivity contribution is -0.132. The van der Waals surface area contributed by atoms with Crippen LogP contribution in [-0.4, -0.2) is 55.3 Å². The van der Waals surface area contributed by atoms with E-state index < -0.39 is 0 Å². The lowest BCUT2D eigenvalue weighted by Crippen LogP contribution is -2.47. The Morgan fingerprint density at radius 2 is 2.23 bits per heavy atom. The van der Waals surface area contributed by atoms with E-state index in [4.69, 9.17) is 4.42 Å². The molecular formula is C16H23N3O3. The predicted molar refractivity (Wildman–Crippen MR) is 81.3 cm³/mol. The van der Waals surface area contributed by atoms with E-state index in [1.54, 1.807) is 11.0 Å². The van der Waals surface area contributed by atoms with Gasteiger partial charge in [0.05, 0.1) is 12.0 Å². The summed E-state index contributed by atoms with van der Waals surface area (Å²) in [6.07, 6.45) is 2.60. The van der Waals surface area contributed by atoms with E-state index in [1.807, 2.05) is 25.1 Å². The van der Waals surface area contributed by atoms with Gasteiger partial charge in [-0.2, -0.15) is 0 Å². The van der Waals surface area contributed by atoms with Crippen LogP contribution in [0.1, 0.15) is 35.6 Å². The Morgan fingerprint density at radius 3 is 2.95 bits per heavy atom. The Hall–Kier alpha value is -1.82. The molecular weight excluding hydrogens is 282 g/mol. The summed E-state index contributed by atoms with van der Waals surface area (Å²) in [5.41, 5.74) is -0.382. The summed E-state index contributed by atoms with van der Waals surface area (Å²) < 4.78 is 5.64. The highest BCUT2D eigenvalue weighted by Crippen LogP contribution is 2.37. The molecule has 1 spiro atoms. The van der Waals surface area contributed by atoms with Crippen LogP contribution in [0.4, 0.5) is 0 Å². The van der Waals surface area contributed by atoms with Crippen molar-refractivity contribution in [3.63, 3.8) is 0 Å². The van der Waals surface area contributed by atoms with Gasteiger partial charge in [-0.25, -0.2) is 0 Å². The van der Waals surface area contributed by atoms with E-state index >= 15 is 0 Å². The molecule has 0 unspecified atom stereocenters. The number of hydrogen-bond acceptors (Lipinski definition) is 4. The molecule has 1 N–H and O–H groups in total. The molecule has 1 aromatic rings. The van der Waals surface area contributed by atoms with Crippen LogP contribution in [0.5, 0.6) is 0 Å². The monoisotopic (exact) mass is 305 g/mol. The number of rotatable bonds is 3. The zero-order valence-corrected chi connectivity index (χ0v) is 13.2. The van der Waals surface area contributed by atoms with Gasteiger partial charge in [0, 0.05) is 19.6 Å². The summed E-state index contributed by atoms with van der Waals surface area (Å²) in [5, 5.41) is 2.93. The van der Waals surface area contributed by atoms with Crippen molar-refractivity contribution in [2.45, 2.75) is 25.8 Å². The zero-order chi connectivity index (χ0) is 15.7. The highest BCUT2D eigenvalue weighted by atomic mass is 16.4. The molecule has 22 heavy (non-hydrogen) atoms. The van der Waals surface area contributed by atoms with Crippen molar-refractivity contribution in [2.75, 3.05) is 33.7 Å². The molecule has 3 heterocycles. The van der Waals surface area contributed by atoms with Gasteiger partial charge in [0.25, 0.3) is 5.91 Å². The fraction of sp³-hybridized carbons (Fsp3) is 0.625. The highest BCUT2D eigenvalue weighted by Gasteiger charge is 2.47. The molecule has 6 nitrogen and oxygen atoms in total. The predicted octanol–water partition coefficient (Wildman–Crippen LogP) is 1.08. The molecule has 0 aliphatic carbocycles. The van der Waals surface area contributed by atoms with Crippen molar-refractivity contribution in [2.24, 2.45) is 5.41 Å². The molecule has 1 atom stereocenters. The van der Waals surface area contributed by atoms with Crippen LogP contribution in [0.2, 0.25) is 0 Å². The van der Waals surface area contributed by atoms with Gasteiger partial charge >= 0.3 is 0 Å². The largest absolute Gasteiger partial charge is 0.455 e. The molecule has 0 aromatic carbocycles. The van der Waals surface area contributed by atoms with Gasteiger partial charge in [-0.1, -0.05) is 0 Å². The van der Waals surface area contributed by atoms with Crippen molar-refractivity contribution < 1.29 is 14.0 Å². The van der Waals surface area contributed by atoms with Gasteiger partial charge in [-0.05, 0) is 45.5 Å². The Bertz CT molecular complexity index is 581. The van der Waals surface area contributed by atoms with Crippen LogP contribution in [0, 0.1) is 5.41 Å². The summed E-state index contributed by atoms with van der Waals surface area (Å²) >= 11 is 0. The summed E-state index contributed by atoms with van der Waals surface area (Å²) in [6, 6.07) is 3.57. The van der Waals surface area contributed by atoms with E-state index in [0.717, 1.165) is 31.6 Å². The normalized spacial score (nSPS) is 25.0. The van der Waals surface area contributed by atoms with Crippen LogP contribution in [0.3, 0.4) is 0 Å². The maximum absolute atomic E-state index is 12.6. The first-order chi connectivity index (χ1) is 10.5. The second-order valence-electron chi connectivity index (χ2n) is 6.62. The number of nitrogens with zero attached hydrogens (tertiary/aromatic N) is 2. The summed E-state index contributed by atoms with van der Waals surface area (Å²) in [5.74, 6) is 1.13. The Morgan fingerprint density at radius 1 is 1.41 bits per heavy atom. The van der Waals surface area contributed by atoms with Gasteiger partial charge < -0.3 is 19.5 Å². The van der Waals surface area contributed by atoms with Crippen LogP contribution in [0.25, 0.3) is 0 Å². The summed E-state index contributed by atoms with van der Waals surface area (Å²) in [6.45, 7) is 2.54. The Labute approximate surface area is 130 Å². The minimum Gasteiger partial charge on any atom is -0.455 e. The molecule has 2 amide bonds. The van der Waals surface area contributed by atoms with Crippen LogP contribution < -0.4 is 5.32 Å². The lowest BCUT2D eigenvalue weighted by Gasteiger charge is -2.31. The zero-order valence-electron chi connectivity index (χ0n) is 13.2. The maximum Gasteiger partial charge on any atom is 0.289 e. The number of furan rings is 1. The quantitative estimate of drug-likeness (QED) is 0.907. The molecule has 2 saturated heterocycles. The van der Waals surface area contributed by atoms with Crippen LogP contribution in [0.15, 0.2) is 16.5 Å². The second kappa shape index (κ2) is 5.76. The Kier molecular flexibility index (Phi) is 3.95. The van der Waals surface area contributed by atoms with E-state index in [9.17, 15) is 9.59 Å². The summed E-state index contributed by atoms with van der Waals surface area (Å²) in [7, 11) is 3.91. The van der Waals surface area contributed by atoms with Gasteiger partial charge in [-0.15, -0.1) is 0 Å². The maximum atomic E-state index is 12.6. The van der Waals surface area contributed by atoms with Gasteiger partial charge in [0.1, 0.15) is 5.76 Å². The molecule has 0 bridgehead atoms. The molecule has 2 fully saturated rings. The van der Waals surface area contributed by atoms with Gasteiger partial charge in [0.2, 0.25) is 5.91 Å². The van der Waals surface area contributed by atoms with E-state index in [1.165, 1.54) is 0 Å². The topological polar surface area (TPSA) is 65.8 Å². The number of nitrogens with one attached hydrogen (secondary N) is 1. The number of piperidine rings is 1. The number of likely N-dealkylation sites (tertiary alicyclic amines) is 1. The first-order valence-corrected chi connectivity index (χ1v) is 7.81. The first-order valence-electron chi connectivity index (χ1n) is 7.81. The van der Waals surface area contributed by atoms with E-state index in [0.29, 0.717) is 25.4 Å². The Balaban J connectivity index is 1.68. The van der Waals surface area contributed by atoms with Crippen LogP contribution in [-0.2, 0) is 11.3 Å². The molecule has 6 heteroatoms. The molecule has 3 rings (SSSR count). The highest BCUT2D eigenvalue weighted by molar-refractivity contribution is 5.93. The lowest BCUT2D eigenvalue weighted by atomic mass is 9.79. The average Bonchev–Trinajstić information content (AvgIpc) is 3.09.